The summed E-state index contributed by atoms with van der Waals surface area (Å²) in [5.41, 5.74) is 1.45. The van der Waals surface area contributed by atoms with E-state index in [2.05, 4.69) is 10.3 Å². The first-order valence-corrected chi connectivity index (χ1v) is 6.67. The lowest BCUT2D eigenvalue weighted by atomic mass is 9.85. The third-order valence-corrected chi connectivity index (χ3v) is 3.64. The van der Waals surface area contributed by atoms with Crippen LogP contribution in [0.4, 0.5) is 5.69 Å². The highest BCUT2D eigenvalue weighted by molar-refractivity contribution is 5.93. The zero-order valence-corrected chi connectivity index (χ0v) is 11.1. The Morgan fingerprint density at radius 3 is 2.89 bits per heavy atom. The molecule has 1 aliphatic rings. The average molecular weight is 247 g/mol. The van der Waals surface area contributed by atoms with E-state index in [-0.39, 0.29) is 5.91 Å². The quantitative estimate of drug-likeness (QED) is 0.869. The van der Waals surface area contributed by atoms with Gasteiger partial charge in [-0.1, -0.05) is 6.42 Å². The second-order valence-electron chi connectivity index (χ2n) is 4.82. The van der Waals surface area contributed by atoms with Gasteiger partial charge in [0.1, 0.15) is 5.69 Å². The van der Waals surface area contributed by atoms with Crippen LogP contribution >= 0.6 is 0 Å². The number of hydrogen-bond donors (Lipinski definition) is 1. The number of nitrogens with one attached hydrogen (secondary N) is 1. The topological polar surface area (TPSA) is 45.2 Å². The van der Waals surface area contributed by atoms with Gasteiger partial charge in [-0.2, -0.15) is 0 Å². The molecule has 2 rings (SSSR count). The number of anilines is 1. The predicted molar refractivity (Wildman–Crippen MR) is 72.7 cm³/mol. The summed E-state index contributed by atoms with van der Waals surface area (Å²) < 4.78 is 0. The maximum absolute atomic E-state index is 12.4. The number of carbonyl (C=O) groups excluding carboxylic acids is 1. The zero-order valence-electron chi connectivity index (χ0n) is 11.1. The summed E-state index contributed by atoms with van der Waals surface area (Å²) in [5, 5.41) is 3.03. The third kappa shape index (κ3) is 2.81. The van der Waals surface area contributed by atoms with Crippen LogP contribution in [0.25, 0.3) is 0 Å². The van der Waals surface area contributed by atoms with Crippen molar-refractivity contribution in [1.82, 2.24) is 9.88 Å². The molecule has 4 nitrogen and oxygen atoms in total. The van der Waals surface area contributed by atoms with Crippen LogP contribution in [-0.4, -0.2) is 35.9 Å². The first-order chi connectivity index (χ1) is 8.74. The van der Waals surface area contributed by atoms with Crippen LogP contribution in [0, 0.1) is 5.92 Å². The molecule has 1 aromatic rings. The van der Waals surface area contributed by atoms with Crippen molar-refractivity contribution in [3.63, 3.8) is 0 Å². The van der Waals surface area contributed by atoms with E-state index in [9.17, 15) is 4.79 Å². The lowest BCUT2D eigenvalue weighted by Gasteiger charge is -2.31. The molecule has 1 N–H and O–H groups in total. The fourth-order valence-corrected chi connectivity index (χ4v) is 2.21. The summed E-state index contributed by atoms with van der Waals surface area (Å²) >= 11 is 0. The molecule has 0 aliphatic heterocycles. The summed E-state index contributed by atoms with van der Waals surface area (Å²) in [4.78, 5) is 18.4. The minimum Gasteiger partial charge on any atom is -0.388 e. The second-order valence-corrected chi connectivity index (χ2v) is 4.82. The number of hydrogen-bond acceptors (Lipinski definition) is 3. The summed E-state index contributed by atoms with van der Waals surface area (Å²) in [6.45, 7) is 3.65. The van der Waals surface area contributed by atoms with Crippen molar-refractivity contribution in [2.24, 2.45) is 5.92 Å². The van der Waals surface area contributed by atoms with Crippen LogP contribution in [-0.2, 0) is 0 Å². The lowest BCUT2D eigenvalue weighted by molar-refractivity contribution is 0.0700. The Balaban J connectivity index is 2.06. The monoisotopic (exact) mass is 247 g/mol. The Morgan fingerprint density at radius 1 is 1.56 bits per heavy atom. The molecular weight excluding hydrogens is 226 g/mol. The van der Waals surface area contributed by atoms with Gasteiger partial charge in [0.25, 0.3) is 5.91 Å². The molecule has 18 heavy (non-hydrogen) atoms. The third-order valence-electron chi connectivity index (χ3n) is 3.64. The number of rotatable bonds is 5. The molecule has 0 atom stereocenters. The standard InChI is InChI=1S/C14H21N3O/c1-3-17(10-11-5-4-6-11)14(18)13-9-12(15-2)7-8-16-13/h7-9,11H,3-6,10H2,1-2H3,(H,15,16). The van der Waals surface area contributed by atoms with E-state index < -0.39 is 0 Å². The minimum atomic E-state index is 0.0431. The largest absolute Gasteiger partial charge is 0.388 e. The molecule has 0 spiro atoms. The molecule has 98 valence electrons. The number of nitrogens with zero attached hydrogens (tertiary/aromatic N) is 2. The van der Waals surface area contributed by atoms with E-state index >= 15 is 0 Å². The molecule has 0 aromatic carbocycles. The maximum Gasteiger partial charge on any atom is 0.272 e. The fourth-order valence-electron chi connectivity index (χ4n) is 2.21. The van der Waals surface area contributed by atoms with Gasteiger partial charge in [0.2, 0.25) is 0 Å². The second kappa shape index (κ2) is 5.85. The number of carbonyl (C=O) groups is 1. The van der Waals surface area contributed by atoms with Crippen LogP contribution in [0.5, 0.6) is 0 Å². The van der Waals surface area contributed by atoms with E-state index in [0.717, 1.165) is 18.8 Å². The molecule has 1 aliphatic carbocycles. The van der Waals surface area contributed by atoms with E-state index in [1.807, 2.05) is 31.0 Å². The Labute approximate surface area is 108 Å². The van der Waals surface area contributed by atoms with Crippen molar-refractivity contribution >= 4 is 11.6 Å². The Morgan fingerprint density at radius 2 is 2.33 bits per heavy atom. The molecule has 1 aromatic heterocycles. The Hall–Kier alpha value is -1.58. The normalized spacial score (nSPS) is 15.0. The summed E-state index contributed by atoms with van der Waals surface area (Å²) in [5.74, 6) is 0.739. The molecule has 0 unspecified atom stereocenters. The molecule has 1 fully saturated rings. The van der Waals surface area contributed by atoms with Crippen LogP contribution in [0.3, 0.4) is 0 Å². The average Bonchev–Trinajstić information content (AvgIpc) is 2.37. The van der Waals surface area contributed by atoms with Crippen molar-refractivity contribution in [2.75, 3.05) is 25.5 Å². The first-order valence-electron chi connectivity index (χ1n) is 6.67. The van der Waals surface area contributed by atoms with Crippen molar-refractivity contribution in [1.29, 1.82) is 0 Å². The van der Waals surface area contributed by atoms with Gasteiger partial charge in [-0.15, -0.1) is 0 Å². The van der Waals surface area contributed by atoms with Gasteiger partial charge in [0, 0.05) is 32.0 Å². The predicted octanol–water partition coefficient (Wildman–Crippen LogP) is 2.39. The van der Waals surface area contributed by atoms with Crippen LogP contribution in [0.15, 0.2) is 18.3 Å². The summed E-state index contributed by atoms with van der Waals surface area (Å²) in [6.07, 6.45) is 5.50. The first kappa shape index (κ1) is 12.9. The lowest BCUT2D eigenvalue weighted by Crippen LogP contribution is -2.37. The van der Waals surface area contributed by atoms with Crippen LogP contribution in [0.2, 0.25) is 0 Å². The summed E-state index contributed by atoms with van der Waals surface area (Å²) in [7, 11) is 1.84. The van der Waals surface area contributed by atoms with Gasteiger partial charge in [0.05, 0.1) is 0 Å². The summed E-state index contributed by atoms with van der Waals surface area (Å²) in [6, 6.07) is 3.67. The SMILES string of the molecule is CCN(CC1CCC1)C(=O)c1cc(NC)ccn1. The molecule has 1 heterocycles. The highest BCUT2D eigenvalue weighted by atomic mass is 16.2. The number of amides is 1. The molecule has 4 heteroatoms. The minimum absolute atomic E-state index is 0.0431. The smallest absolute Gasteiger partial charge is 0.272 e. The Kier molecular flexibility index (Phi) is 4.18. The van der Waals surface area contributed by atoms with Crippen molar-refractivity contribution in [3.05, 3.63) is 24.0 Å². The van der Waals surface area contributed by atoms with Gasteiger partial charge in [-0.25, -0.2) is 0 Å². The molecule has 1 amide bonds. The Bertz CT molecular complexity index is 415. The zero-order chi connectivity index (χ0) is 13.0. The molecule has 1 saturated carbocycles. The van der Waals surface area contributed by atoms with Crippen molar-refractivity contribution < 1.29 is 4.79 Å². The van der Waals surface area contributed by atoms with Gasteiger partial charge < -0.3 is 10.2 Å². The molecule has 0 bridgehead atoms. The number of pyridine rings is 1. The molecule has 0 saturated heterocycles. The van der Waals surface area contributed by atoms with E-state index in [1.165, 1.54) is 19.3 Å². The highest BCUT2D eigenvalue weighted by Crippen LogP contribution is 2.27. The molecular formula is C14H21N3O. The fraction of sp³-hybridized carbons (Fsp3) is 0.571. The van der Waals surface area contributed by atoms with Crippen molar-refractivity contribution in [3.8, 4) is 0 Å². The highest BCUT2D eigenvalue weighted by Gasteiger charge is 2.23. The van der Waals surface area contributed by atoms with Crippen LogP contribution < -0.4 is 5.32 Å². The molecule has 0 radical (unpaired) electrons. The maximum atomic E-state index is 12.4. The van der Waals surface area contributed by atoms with Gasteiger partial charge in [0.15, 0.2) is 0 Å². The van der Waals surface area contributed by atoms with Gasteiger partial charge >= 0.3 is 0 Å². The van der Waals surface area contributed by atoms with E-state index in [1.54, 1.807) is 6.20 Å². The van der Waals surface area contributed by atoms with Gasteiger partial charge in [-0.05, 0) is 37.8 Å². The van der Waals surface area contributed by atoms with Gasteiger partial charge in [-0.3, -0.25) is 9.78 Å². The van der Waals surface area contributed by atoms with E-state index in [4.69, 9.17) is 0 Å². The van der Waals surface area contributed by atoms with Crippen LogP contribution in [0.1, 0.15) is 36.7 Å². The van der Waals surface area contributed by atoms with E-state index in [0.29, 0.717) is 11.6 Å². The van der Waals surface area contributed by atoms with Crippen molar-refractivity contribution in [2.45, 2.75) is 26.2 Å². The number of aromatic nitrogens is 1.